The van der Waals surface area contributed by atoms with E-state index in [0.29, 0.717) is 12.0 Å². The van der Waals surface area contributed by atoms with Crippen molar-refractivity contribution in [3.05, 3.63) is 0 Å². The molecule has 0 aromatic rings. The maximum atomic E-state index is 5.79. The molecule has 0 aromatic heterocycles. The molecule has 2 saturated heterocycles. The van der Waals surface area contributed by atoms with Gasteiger partial charge in [0, 0.05) is 18.2 Å². The molecule has 2 fully saturated rings. The summed E-state index contributed by atoms with van der Waals surface area (Å²) in [6.45, 7) is 12.7. The first-order valence-corrected chi connectivity index (χ1v) is 9.22. The van der Waals surface area contributed by atoms with E-state index in [-0.39, 0.29) is 5.54 Å². The Kier molecular flexibility index (Phi) is 6.97. The SMILES string of the molecule is CCCNC(C1CCCOC1)C(C)(C)N1CCCCCC1. The van der Waals surface area contributed by atoms with Gasteiger partial charge in [0.2, 0.25) is 0 Å². The molecule has 21 heavy (non-hydrogen) atoms. The van der Waals surface area contributed by atoms with Crippen molar-refractivity contribution in [2.45, 2.75) is 77.3 Å². The summed E-state index contributed by atoms with van der Waals surface area (Å²) in [6.07, 6.45) is 9.30. The van der Waals surface area contributed by atoms with Gasteiger partial charge >= 0.3 is 0 Å². The summed E-state index contributed by atoms with van der Waals surface area (Å²) in [6, 6.07) is 0.552. The first kappa shape index (κ1) is 17.2. The number of nitrogens with one attached hydrogen (secondary N) is 1. The van der Waals surface area contributed by atoms with Crippen LogP contribution in [0.1, 0.15) is 65.7 Å². The van der Waals surface area contributed by atoms with E-state index in [4.69, 9.17) is 4.74 Å². The average molecular weight is 296 g/mol. The van der Waals surface area contributed by atoms with Crippen LogP contribution in [0, 0.1) is 5.92 Å². The second kappa shape index (κ2) is 8.50. The lowest BCUT2D eigenvalue weighted by atomic mass is 9.80. The van der Waals surface area contributed by atoms with Crippen LogP contribution in [0.15, 0.2) is 0 Å². The lowest BCUT2D eigenvalue weighted by Gasteiger charge is -2.48. The number of hydrogen-bond acceptors (Lipinski definition) is 3. The third-order valence-electron chi connectivity index (χ3n) is 5.46. The van der Waals surface area contributed by atoms with Crippen molar-refractivity contribution in [3.63, 3.8) is 0 Å². The maximum absolute atomic E-state index is 5.79. The molecule has 2 atom stereocenters. The highest BCUT2D eigenvalue weighted by Crippen LogP contribution is 2.31. The van der Waals surface area contributed by atoms with Crippen LogP contribution < -0.4 is 5.32 Å². The molecule has 0 aliphatic carbocycles. The van der Waals surface area contributed by atoms with Gasteiger partial charge in [-0.1, -0.05) is 19.8 Å². The van der Waals surface area contributed by atoms with Crippen molar-refractivity contribution in [2.75, 3.05) is 32.8 Å². The molecule has 0 amide bonds. The molecule has 124 valence electrons. The largest absolute Gasteiger partial charge is 0.381 e. The lowest BCUT2D eigenvalue weighted by molar-refractivity contribution is -0.00749. The third-order valence-corrected chi connectivity index (χ3v) is 5.46. The number of likely N-dealkylation sites (tertiary alicyclic amines) is 1. The summed E-state index contributed by atoms with van der Waals surface area (Å²) >= 11 is 0. The van der Waals surface area contributed by atoms with E-state index in [1.54, 1.807) is 0 Å². The van der Waals surface area contributed by atoms with E-state index in [2.05, 4.69) is 31.0 Å². The van der Waals surface area contributed by atoms with Gasteiger partial charge in [-0.25, -0.2) is 0 Å². The molecule has 1 N–H and O–H groups in total. The van der Waals surface area contributed by atoms with Gasteiger partial charge in [0.1, 0.15) is 0 Å². The highest BCUT2D eigenvalue weighted by atomic mass is 16.5. The monoisotopic (exact) mass is 296 g/mol. The topological polar surface area (TPSA) is 24.5 Å². The summed E-state index contributed by atoms with van der Waals surface area (Å²) < 4.78 is 5.79. The summed E-state index contributed by atoms with van der Waals surface area (Å²) in [7, 11) is 0. The van der Waals surface area contributed by atoms with Crippen molar-refractivity contribution in [3.8, 4) is 0 Å². The molecule has 2 rings (SSSR count). The zero-order valence-electron chi connectivity index (χ0n) is 14.5. The average Bonchev–Trinajstić information content (AvgIpc) is 2.78. The minimum Gasteiger partial charge on any atom is -0.381 e. The fraction of sp³-hybridized carbons (Fsp3) is 1.00. The molecule has 2 aliphatic heterocycles. The van der Waals surface area contributed by atoms with Crippen LogP contribution in [0.25, 0.3) is 0 Å². The quantitative estimate of drug-likeness (QED) is 0.812. The van der Waals surface area contributed by atoms with Crippen molar-refractivity contribution < 1.29 is 4.74 Å². The maximum Gasteiger partial charge on any atom is 0.0509 e. The summed E-state index contributed by atoms with van der Waals surface area (Å²) in [5.41, 5.74) is 0.227. The second-order valence-corrected chi connectivity index (χ2v) is 7.46. The minimum atomic E-state index is 0.227. The number of ether oxygens (including phenoxy) is 1. The van der Waals surface area contributed by atoms with Crippen LogP contribution in [0.4, 0.5) is 0 Å². The predicted molar refractivity (Wildman–Crippen MR) is 89.7 cm³/mol. The fourth-order valence-electron chi connectivity index (χ4n) is 4.17. The van der Waals surface area contributed by atoms with E-state index >= 15 is 0 Å². The van der Waals surface area contributed by atoms with Crippen molar-refractivity contribution >= 4 is 0 Å². The summed E-state index contributed by atoms with van der Waals surface area (Å²) in [5.74, 6) is 0.670. The Balaban J connectivity index is 2.07. The van der Waals surface area contributed by atoms with Gasteiger partial charge in [0.15, 0.2) is 0 Å². The van der Waals surface area contributed by atoms with Gasteiger partial charge in [0.25, 0.3) is 0 Å². The molecule has 3 nitrogen and oxygen atoms in total. The first-order valence-electron chi connectivity index (χ1n) is 9.22. The molecule has 2 unspecified atom stereocenters. The molecule has 0 spiro atoms. The van der Waals surface area contributed by atoms with Gasteiger partial charge < -0.3 is 10.1 Å². The smallest absolute Gasteiger partial charge is 0.0509 e. The van der Waals surface area contributed by atoms with Crippen LogP contribution in [-0.4, -0.2) is 49.3 Å². The zero-order chi connectivity index (χ0) is 15.1. The Morgan fingerprint density at radius 3 is 2.43 bits per heavy atom. The van der Waals surface area contributed by atoms with Crippen molar-refractivity contribution in [2.24, 2.45) is 5.92 Å². The van der Waals surface area contributed by atoms with E-state index in [1.165, 1.54) is 58.0 Å². The molecule has 0 bridgehead atoms. The molecule has 0 saturated carbocycles. The van der Waals surface area contributed by atoms with E-state index < -0.39 is 0 Å². The van der Waals surface area contributed by atoms with Gasteiger partial charge in [-0.2, -0.15) is 0 Å². The van der Waals surface area contributed by atoms with Gasteiger partial charge in [-0.15, -0.1) is 0 Å². The van der Waals surface area contributed by atoms with Crippen LogP contribution in [0.2, 0.25) is 0 Å². The minimum absolute atomic E-state index is 0.227. The molecular formula is C18H36N2O. The number of rotatable bonds is 6. The predicted octanol–water partition coefficient (Wildman–Crippen LogP) is 3.44. The molecule has 2 aliphatic rings. The third kappa shape index (κ3) is 4.67. The van der Waals surface area contributed by atoms with Crippen LogP contribution in [-0.2, 0) is 4.74 Å². The van der Waals surface area contributed by atoms with Crippen molar-refractivity contribution in [1.29, 1.82) is 0 Å². The fourth-order valence-corrected chi connectivity index (χ4v) is 4.17. The normalized spacial score (nSPS) is 27.3. The summed E-state index contributed by atoms with van der Waals surface area (Å²) in [5, 5.41) is 3.88. The first-order chi connectivity index (χ1) is 10.2. The van der Waals surface area contributed by atoms with E-state index in [0.717, 1.165) is 19.8 Å². The molecule has 3 heteroatoms. The molecule has 0 aromatic carbocycles. The summed E-state index contributed by atoms with van der Waals surface area (Å²) in [4.78, 5) is 2.75. The van der Waals surface area contributed by atoms with Crippen LogP contribution in [0.5, 0.6) is 0 Å². The number of hydrogen-bond donors (Lipinski definition) is 1. The van der Waals surface area contributed by atoms with Gasteiger partial charge in [-0.3, -0.25) is 4.90 Å². The molecule has 0 radical (unpaired) electrons. The van der Waals surface area contributed by atoms with Gasteiger partial charge in [0.05, 0.1) is 6.61 Å². The van der Waals surface area contributed by atoms with E-state index in [1.807, 2.05) is 0 Å². The lowest BCUT2D eigenvalue weighted by Crippen LogP contribution is -2.62. The zero-order valence-corrected chi connectivity index (χ0v) is 14.5. The van der Waals surface area contributed by atoms with E-state index in [9.17, 15) is 0 Å². The Morgan fingerprint density at radius 2 is 1.86 bits per heavy atom. The highest BCUT2D eigenvalue weighted by molar-refractivity contribution is 4.98. The number of nitrogens with zero attached hydrogens (tertiary/aromatic N) is 1. The Labute approximate surface area is 131 Å². The van der Waals surface area contributed by atoms with Crippen LogP contribution >= 0.6 is 0 Å². The Hall–Kier alpha value is -0.120. The Bertz CT molecular complexity index is 279. The molecule has 2 heterocycles. The highest BCUT2D eigenvalue weighted by Gasteiger charge is 2.40. The standard InChI is InChI=1S/C18H36N2O/c1-4-11-19-17(16-10-9-14-21-15-16)18(2,3)20-12-7-5-6-8-13-20/h16-17,19H,4-15H2,1-3H3. The second-order valence-electron chi connectivity index (χ2n) is 7.46. The van der Waals surface area contributed by atoms with Crippen LogP contribution in [0.3, 0.4) is 0 Å². The van der Waals surface area contributed by atoms with Gasteiger partial charge in [-0.05, 0) is 71.5 Å². The Morgan fingerprint density at radius 1 is 1.14 bits per heavy atom. The molecular weight excluding hydrogens is 260 g/mol. The van der Waals surface area contributed by atoms with Crippen molar-refractivity contribution in [1.82, 2.24) is 10.2 Å².